The maximum atomic E-state index is 12.8. The van der Waals surface area contributed by atoms with Gasteiger partial charge in [-0.25, -0.2) is 0 Å². The van der Waals surface area contributed by atoms with E-state index in [-0.39, 0.29) is 17.9 Å². The third kappa shape index (κ3) is 3.03. The molecule has 0 saturated carbocycles. The molecular weight excluding hydrogens is 344 g/mol. The molecule has 2 N–H and O–H groups in total. The lowest BCUT2D eigenvalue weighted by Gasteiger charge is -2.14. The Labute approximate surface area is 156 Å². The SMILES string of the molecule is COc1ccc2oc(C(=O)N[C@@H](C)c3ccc4c(c3)CC(=O)N4)c(C)c2c1. The van der Waals surface area contributed by atoms with Gasteiger partial charge in [0, 0.05) is 16.6 Å². The minimum Gasteiger partial charge on any atom is -0.497 e. The van der Waals surface area contributed by atoms with Crippen LogP contribution in [-0.2, 0) is 11.2 Å². The Bertz CT molecular complexity index is 1070. The molecule has 138 valence electrons. The van der Waals surface area contributed by atoms with Gasteiger partial charge in [-0.3, -0.25) is 9.59 Å². The number of hydrogen-bond donors (Lipinski definition) is 2. The first-order valence-electron chi connectivity index (χ1n) is 8.77. The number of benzene rings is 2. The van der Waals surface area contributed by atoms with Crippen molar-refractivity contribution in [2.45, 2.75) is 26.3 Å². The predicted octanol–water partition coefficient (Wildman–Crippen LogP) is 3.74. The van der Waals surface area contributed by atoms with E-state index >= 15 is 0 Å². The number of carbonyl (C=O) groups is 2. The van der Waals surface area contributed by atoms with Crippen molar-refractivity contribution in [3.05, 3.63) is 58.8 Å². The van der Waals surface area contributed by atoms with Crippen LogP contribution < -0.4 is 15.4 Å². The van der Waals surface area contributed by atoms with Crippen molar-refractivity contribution < 1.29 is 18.7 Å². The van der Waals surface area contributed by atoms with E-state index in [4.69, 9.17) is 9.15 Å². The molecule has 2 heterocycles. The van der Waals surface area contributed by atoms with E-state index < -0.39 is 0 Å². The van der Waals surface area contributed by atoms with Crippen molar-refractivity contribution in [1.82, 2.24) is 5.32 Å². The zero-order valence-electron chi connectivity index (χ0n) is 15.4. The number of fused-ring (bicyclic) bond motifs is 2. The smallest absolute Gasteiger partial charge is 0.287 e. The molecule has 0 unspecified atom stereocenters. The molecule has 0 saturated heterocycles. The molecule has 0 fully saturated rings. The van der Waals surface area contributed by atoms with Gasteiger partial charge < -0.3 is 19.8 Å². The second-order valence-electron chi connectivity index (χ2n) is 6.75. The topological polar surface area (TPSA) is 80.6 Å². The second kappa shape index (κ2) is 6.46. The van der Waals surface area contributed by atoms with Crippen molar-refractivity contribution in [2.24, 2.45) is 0 Å². The third-order valence-electron chi connectivity index (χ3n) is 4.95. The van der Waals surface area contributed by atoms with Gasteiger partial charge in [-0.2, -0.15) is 0 Å². The lowest BCUT2D eigenvalue weighted by molar-refractivity contribution is -0.115. The molecule has 0 aliphatic carbocycles. The number of nitrogens with one attached hydrogen (secondary N) is 2. The van der Waals surface area contributed by atoms with Gasteiger partial charge in [-0.05, 0) is 49.2 Å². The Morgan fingerprint density at radius 3 is 2.85 bits per heavy atom. The van der Waals surface area contributed by atoms with E-state index in [9.17, 15) is 9.59 Å². The summed E-state index contributed by atoms with van der Waals surface area (Å²) in [6.07, 6.45) is 0.369. The molecule has 2 aromatic carbocycles. The number of rotatable bonds is 4. The molecule has 3 aromatic rings. The maximum Gasteiger partial charge on any atom is 0.287 e. The highest BCUT2D eigenvalue weighted by Gasteiger charge is 2.22. The van der Waals surface area contributed by atoms with Crippen molar-refractivity contribution in [3.8, 4) is 5.75 Å². The minimum atomic E-state index is -0.273. The van der Waals surface area contributed by atoms with Gasteiger partial charge in [0.15, 0.2) is 5.76 Å². The highest BCUT2D eigenvalue weighted by atomic mass is 16.5. The molecule has 0 radical (unpaired) electrons. The highest BCUT2D eigenvalue weighted by Crippen LogP contribution is 2.30. The number of methoxy groups -OCH3 is 1. The Kier molecular flexibility index (Phi) is 4.11. The first-order valence-corrected chi connectivity index (χ1v) is 8.77. The van der Waals surface area contributed by atoms with Crippen molar-refractivity contribution in [2.75, 3.05) is 12.4 Å². The number of hydrogen-bond acceptors (Lipinski definition) is 4. The fraction of sp³-hybridized carbons (Fsp3) is 0.238. The summed E-state index contributed by atoms with van der Waals surface area (Å²) in [4.78, 5) is 24.3. The monoisotopic (exact) mass is 364 g/mol. The Hall–Kier alpha value is -3.28. The van der Waals surface area contributed by atoms with Gasteiger partial charge >= 0.3 is 0 Å². The Morgan fingerprint density at radius 1 is 1.26 bits per heavy atom. The summed E-state index contributed by atoms with van der Waals surface area (Å²) in [7, 11) is 1.60. The molecule has 6 heteroatoms. The summed E-state index contributed by atoms with van der Waals surface area (Å²) < 4.78 is 11.0. The molecule has 1 aromatic heterocycles. The summed E-state index contributed by atoms with van der Waals surface area (Å²) in [5.41, 5.74) is 4.15. The van der Waals surface area contributed by atoms with Crippen molar-refractivity contribution >= 4 is 28.5 Å². The van der Waals surface area contributed by atoms with E-state index in [0.717, 1.165) is 27.8 Å². The standard InChI is InChI=1S/C21H20N2O4/c1-11-16-10-15(26-3)5-7-18(16)27-20(11)21(25)22-12(2)13-4-6-17-14(8-13)9-19(24)23-17/h4-8,10,12H,9H2,1-3H3,(H,22,25)(H,23,24)/t12-/m0/s1. The normalized spacial score (nSPS) is 14.0. The van der Waals surface area contributed by atoms with Crippen LogP contribution in [0.25, 0.3) is 11.0 Å². The number of amides is 2. The molecule has 1 atom stereocenters. The number of anilines is 1. The first-order chi connectivity index (χ1) is 13.0. The van der Waals surface area contributed by atoms with Crippen LogP contribution in [0.4, 0.5) is 5.69 Å². The fourth-order valence-electron chi connectivity index (χ4n) is 3.41. The maximum absolute atomic E-state index is 12.8. The first kappa shape index (κ1) is 17.1. The van der Waals surface area contributed by atoms with Crippen LogP contribution in [-0.4, -0.2) is 18.9 Å². The van der Waals surface area contributed by atoms with Crippen molar-refractivity contribution in [1.29, 1.82) is 0 Å². The number of furan rings is 1. The van der Waals surface area contributed by atoms with Gasteiger partial charge in [-0.15, -0.1) is 0 Å². The zero-order valence-corrected chi connectivity index (χ0v) is 15.4. The average Bonchev–Trinajstić information content (AvgIpc) is 3.19. The highest BCUT2D eigenvalue weighted by molar-refractivity contribution is 6.00. The van der Waals surface area contributed by atoms with E-state index in [0.29, 0.717) is 23.5 Å². The summed E-state index contributed by atoms with van der Waals surface area (Å²) in [6, 6.07) is 11.0. The van der Waals surface area contributed by atoms with E-state index in [1.165, 1.54) is 0 Å². The lowest BCUT2D eigenvalue weighted by atomic mass is 10.0. The average molecular weight is 364 g/mol. The Morgan fingerprint density at radius 2 is 2.07 bits per heavy atom. The van der Waals surface area contributed by atoms with Crippen LogP contribution in [0.5, 0.6) is 5.75 Å². The second-order valence-corrected chi connectivity index (χ2v) is 6.75. The molecule has 27 heavy (non-hydrogen) atoms. The number of ether oxygens (including phenoxy) is 1. The molecule has 1 aliphatic heterocycles. The van der Waals surface area contributed by atoms with Crippen LogP contribution >= 0.6 is 0 Å². The third-order valence-corrected chi connectivity index (χ3v) is 4.95. The molecule has 0 spiro atoms. The number of aryl methyl sites for hydroxylation is 1. The summed E-state index contributed by atoms with van der Waals surface area (Å²) >= 11 is 0. The molecule has 6 nitrogen and oxygen atoms in total. The van der Waals surface area contributed by atoms with E-state index in [1.54, 1.807) is 19.2 Å². The van der Waals surface area contributed by atoms with Crippen molar-refractivity contribution in [3.63, 3.8) is 0 Å². The van der Waals surface area contributed by atoms with Gasteiger partial charge in [0.2, 0.25) is 5.91 Å². The Balaban J connectivity index is 1.57. The number of carbonyl (C=O) groups excluding carboxylic acids is 2. The van der Waals surface area contributed by atoms with E-state index in [1.807, 2.05) is 38.1 Å². The van der Waals surface area contributed by atoms with Crippen LogP contribution in [0.15, 0.2) is 40.8 Å². The summed E-state index contributed by atoms with van der Waals surface area (Å²) in [5, 5.41) is 6.64. The molecular formula is C21H20N2O4. The van der Waals surface area contributed by atoms with Crippen LogP contribution in [0.2, 0.25) is 0 Å². The van der Waals surface area contributed by atoms with Crippen LogP contribution in [0, 0.1) is 6.92 Å². The van der Waals surface area contributed by atoms with Gasteiger partial charge in [0.05, 0.1) is 19.6 Å². The lowest BCUT2D eigenvalue weighted by Crippen LogP contribution is -2.26. The van der Waals surface area contributed by atoms with Crippen LogP contribution in [0.3, 0.4) is 0 Å². The molecule has 1 aliphatic rings. The summed E-state index contributed by atoms with van der Waals surface area (Å²) in [5.74, 6) is 0.730. The minimum absolute atomic E-state index is 0.00725. The largest absolute Gasteiger partial charge is 0.497 e. The summed E-state index contributed by atoms with van der Waals surface area (Å²) in [6.45, 7) is 3.77. The van der Waals surface area contributed by atoms with Gasteiger partial charge in [0.25, 0.3) is 5.91 Å². The van der Waals surface area contributed by atoms with E-state index in [2.05, 4.69) is 10.6 Å². The van der Waals surface area contributed by atoms with Crippen LogP contribution in [0.1, 0.15) is 40.2 Å². The predicted molar refractivity (Wildman–Crippen MR) is 102 cm³/mol. The van der Waals surface area contributed by atoms with Gasteiger partial charge in [-0.1, -0.05) is 12.1 Å². The van der Waals surface area contributed by atoms with Gasteiger partial charge in [0.1, 0.15) is 11.3 Å². The quantitative estimate of drug-likeness (QED) is 0.739. The fourth-order valence-corrected chi connectivity index (χ4v) is 3.41. The molecule has 0 bridgehead atoms. The zero-order chi connectivity index (χ0) is 19.1. The molecule has 2 amide bonds. The molecule has 4 rings (SSSR count).